The number of fused-ring (bicyclic) bond motifs is 2. The van der Waals surface area contributed by atoms with Crippen LogP contribution in [-0.2, 0) is 22.6 Å². The van der Waals surface area contributed by atoms with E-state index < -0.39 is 6.04 Å². The highest BCUT2D eigenvalue weighted by Gasteiger charge is 2.29. The Hall–Kier alpha value is -4.12. The Labute approximate surface area is 212 Å². The number of pyridine rings is 2. The van der Waals surface area contributed by atoms with E-state index in [1.807, 2.05) is 18.2 Å². The second-order valence-corrected chi connectivity index (χ2v) is 8.99. The Bertz CT molecular complexity index is 1410. The first kappa shape index (κ1) is 24.6. The van der Waals surface area contributed by atoms with Crippen LogP contribution in [0.15, 0.2) is 52.4 Å². The molecule has 3 aromatic rings. The standard InChI is InChI=1S/C25H27N7O5/c1-35-18-6-2-15-3-9-24(34)32(20(15)10-18)12-19(30-31-26)21-7-5-17(13-36-21)27-11-16-4-8-22-25(28-16)29-23(33)14-37-22/h2-4,6,8-10,17,19,21,27H,5,7,11-14H2,1H3,(H,28,29,33)/t17-,19+,21+/m1/s1. The number of carbonyl (C=O) groups excluding carboxylic acids is 1. The predicted octanol–water partition coefficient (Wildman–Crippen LogP) is 2.75. The third-order valence-electron chi connectivity index (χ3n) is 6.61. The van der Waals surface area contributed by atoms with E-state index in [4.69, 9.17) is 14.2 Å². The minimum Gasteiger partial charge on any atom is -0.497 e. The summed E-state index contributed by atoms with van der Waals surface area (Å²) < 4.78 is 18.4. The zero-order valence-corrected chi connectivity index (χ0v) is 20.3. The maximum absolute atomic E-state index is 12.7. The van der Waals surface area contributed by atoms with Gasteiger partial charge in [-0.3, -0.25) is 9.59 Å². The maximum Gasteiger partial charge on any atom is 0.263 e. The van der Waals surface area contributed by atoms with Gasteiger partial charge in [-0.25, -0.2) is 4.98 Å². The molecule has 4 heterocycles. The number of amides is 1. The molecule has 37 heavy (non-hydrogen) atoms. The molecule has 2 N–H and O–H groups in total. The third kappa shape index (κ3) is 5.51. The Morgan fingerprint density at radius 2 is 2.14 bits per heavy atom. The summed E-state index contributed by atoms with van der Waals surface area (Å²) in [6.45, 7) is 1.11. The first-order valence-electron chi connectivity index (χ1n) is 12.0. The summed E-state index contributed by atoms with van der Waals surface area (Å²) in [5, 5.41) is 11.0. The van der Waals surface area contributed by atoms with Crippen LogP contribution in [0.1, 0.15) is 18.5 Å². The summed E-state index contributed by atoms with van der Waals surface area (Å²) in [6.07, 6.45) is 1.13. The van der Waals surface area contributed by atoms with E-state index in [1.54, 1.807) is 29.9 Å². The van der Waals surface area contributed by atoms with E-state index >= 15 is 0 Å². The summed E-state index contributed by atoms with van der Waals surface area (Å²) in [5.41, 5.74) is 10.5. The van der Waals surface area contributed by atoms with Crippen LogP contribution in [-0.4, -0.2) is 54.0 Å². The fraction of sp³-hybridized carbons (Fsp3) is 0.400. The van der Waals surface area contributed by atoms with Crippen LogP contribution in [0.4, 0.5) is 5.82 Å². The molecule has 3 atom stereocenters. The highest BCUT2D eigenvalue weighted by Crippen LogP contribution is 2.26. The van der Waals surface area contributed by atoms with E-state index in [0.29, 0.717) is 42.4 Å². The molecule has 0 bridgehead atoms. The highest BCUT2D eigenvalue weighted by molar-refractivity contribution is 5.94. The average molecular weight is 506 g/mol. The number of aromatic nitrogens is 2. The number of carbonyl (C=O) groups is 1. The number of hydrogen-bond acceptors (Lipinski definition) is 8. The zero-order chi connectivity index (χ0) is 25.8. The van der Waals surface area contributed by atoms with Gasteiger partial charge in [0, 0.05) is 36.2 Å². The van der Waals surface area contributed by atoms with E-state index in [-0.39, 0.29) is 36.8 Å². The van der Waals surface area contributed by atoms with Crippen LogP contribution in [0.25, 0.3) is 21.3 Å². The smallest absolute Gasteiger partial charge is 0.263 e. The minimum absolute atomic E-state index is 0.00692. The van der Waals surface area contributed by atoms with Gasteiger partial charge in [0.15, 0.2) is 18.2 Å². The Balaban J connectivity index is 1.22. The number of nitrogens with one attached hydrogen (secondary N) is 2. The largest absolute Gasteiger partial charge is 0.497 e. The summed E-state index contributed by atoms with van der Waals surface area (Å²) in [6, 6.07) is 12.0. The van der Waals surface area contributed by atoms with Crippen molar-refractivity contribution in [1.29, 1.82) is 0 Å². The van der Waals surface area contributed by atoms with Gasteiger partial charge in [-0.2, -0.15) is 0 Å². The molecule has 0 spiro atoms. The van der Waals surface area contributed by atoms with Crippen molar-refractivity contribution < 1.29 is 19.0 Å². The molecule has 1 aromatic carbocycles. The van der Waals surface area contributed by atoms with Gasteiger partial charge >= 0.3 is 0 Å². The van der Waals surface area contributed by atoms with Gasteiger partial charge in [-0.05, 0) is 54.1 Å². The van der Waals surface area contributed by atoms with Crippen molar-refractivity contribution >= 4 is 22.6 Å². The Kier molecular flexibility index (Phi) is 7.22. The fourth-order valence-corrected chi connectivity index (χ4v) is 4.65. The number of rotatable bonds is 8. The van der Waals surface area contributed by atoms with Gasteiger partial charge in [0.25, 0.3) is 11.5 Å². The van der Waals surface area contributed by atoms with E-state index in [9.17, 15) is 15.1 Å². The number of azide groups is 1. The average Bonchev–Trinajstić information content (AvgIpc) is 2.92. The van der Waals surface area contributed by atoms with Gasteiger partial charge in [0.05, 0.1) is 37.1 Å². The topological polar surface area (TPSA) is 152 Å². The SMILES string of the molecule is COc1ccc2ccc(=O)n(C[C@H](N=[N+]=[N-])[C@@H]3CC[C@@H](NCc4ccc5c(n4)NC(=O)CO5)CO3)c2c1. The van der Waals surface area contributed by atoms with Gasteiger partial charge in [-0.1, -0.05) is 5.11 Å². The molecule has 0 radical (unpaired) electrons. The third-order valence-corrected chi connectivity index (χ3v) is 6.61. The molecule has 2 aliphatic heterocycles. The molecule has 5 rings (SSSR count). The molecule has 192 valence electrons. The molecule has 12 heteroatoms. The second-order valence-electron chi connectivity index (χ2n) is 8.99. The van der Waals surface area contributed by atoms with Crippen molar-refractivity contribution in [2.75, 3.05) is 25.6 Å². The summed E-state index contributed by atoms with van der Waals surface area (Å²) in [4.78, 5) is 31.8. The Morgan fingerprint density at radius 3 is 2.92 bits per heavy atom. The number of methoxy groups -OCH3 is 1. The van der Waals surface area contributed by atoms with Crippen molar-refractivity contribution in [2.24, 2.45) is 5.11 Å². The molecule has 0 saturated carbocycles. The van der Waals surface area contributed by atoms with Crippen LogP contribution in [0.5, 0.6) is 11.5 Å². The molecule has 2 aromatic heterocycles. The zero-order valence-electron chi connectivity index (χ0n) is 20.3. The predicted molar refractivity (Wildman–Crippen MR) is 136 cm³/mol. The fourth-order valence-electron chi connectivity index (χ4n) is 4.65. The molecule has 0 unspecified atom stereocenters. The van der Waals surface area contributed by atoms with Crippen molar-refractivity contribution in [3.63, 3.8) is 0 Å². The monoisotopic (exact) mass is 505 g/mol. The molecule has 12 nitrogen and oxygen atoms in total. The summed E-state index contributed by atoms with van der Waals surface area (Å²) >= 11 is 0. The maximum atomic E-state index is 12.7. The number of nitrogens with zero attached hydrogens (tertiary/aromatic N) is 5. The van der Waals surface area contributed by atoms with E-state index in [2.05, 4.69) is 25.6 Å². The highest BCUT2D eigenvalue weighted by atomic mass is 16.5. The van der Waals surface area contributed by atoms with Crippen molar-refractivity contribution in [3.05, 3.63) is 69.0 Å². The van der Waals surface area contributed by atoms with Gasteiger partial charge in [0.2, 0.25) is 0 Å². The lowest BCUT2D eigenvalue weighted by Crippen LogP contribution is -2.44. The lowest BCUT2D eigenvalue weighted by Gasteiger charge is -2.33. The van der Waals surface area contributed by atoms with Crippen LogP contribution in [0.2, 0.25) is 0 Å². The molecule has 0 aliphatic carbocycles. The second kappa shape index (κ2) is 10.9. The van der Waals surface area contributed by atoms with Crippen LogP contribution < -0.4 is 25.7 Å². The van der Waals surface area contributed by atoms with Crippen LogP contribution >= 0.6 is 0 Å². The van der Waals surface area contributed by atoms with Gasteiger partial charge in [-0.15, -0.1) is 0 Å². The van der Waals surface area contributed by atoms with E-state index in [1.165, 1.54) is 6.07 Å². The van der Waals surface area contributed by atoms with E-state index in [0.717, 1.165) is 17.5 Å². The van der Waals surface area contributed by atoms with Crippen LogP contribution in [0.3, 0.4) is 0 Å². The van der Waals surface area contributed by atoms with Crippen LogP contribution in [0, 0.1) is 0 Å². The molecule has 1 amide bonds. The lowest BCUT2D eigenvalue weighted by atomic mass is 9.99. The Morgan fingerprint density at radius 1 is 1.27 bits per heavy atom. The quantitative estimate of drug-likeness (QED) is 0.271. The summed E-state index contributed by atoms with van der Waals surface area (Å²) in [5.74, 6) is 1.39. The first-order chi connectivity index (χ1) is 18.0. The van der Waals surface area contributed by atoms with Crippen molar-refractivity contribution in [1.82, 2.24) is 14.9 Å². The molecule has 1 fully saturated rings. The van der Waals surface area contributed by atoms with Crippen molar-refractivity contribution in [3.8, 4) is 11.5 Å². The lowest BCUT2D eigenvalue weighted by molar-refractivity contribution is -0.118. The minimum atomic E-state index is -0.550. The van der Waals surface area contributed by atoms with Gasteiger partial charge < -0.3 is 29.4 Å². The molecular weight excluding hydrogens is 478 g/mol. The molecule has 1 saturated heterocycles. The number of anilines is 1. The molecule has 2 aliphatic rings. The number of hydrogen-bond donors (Lipinski definition) is 2. The van der Waals surface area contributed by atoms with Crippen molar-refractivity contribution in [2.45, 2.75) is 44.1 Å². The summed E-state index contributed by atoms with van der Waals surface area (Å²) in [7, 11) is 1.57. The number of benzene rings is 1. The number of ether oxygens (including phenoxy) is 3. The first-order valence-corrected chi connectivity index (χ1v) is 12.0. The van der Waals surface area contributed by atoms with Gasteiger partial charge in [0.1, 0.15) is 5.75 Å². The molecular formula is C25H27N7O5. The normalized spacial score (nSPS) is 19.8.